The Balaban J connectivity index is 1.58. The number of fused-ring (bicyclic) bond motifs is 1. The quantitative estimate of drug-likeness (QED) is 0.381. The molecule has 3 aromatic heterocycles. The van der Waals surface area contributed by atoms with E-state index in [1.807, 2.05) is 41.2 Å². The highest BCUT2D eigenvalue weighted by Crippen LogP contribution is 2.35. The Kier molecular flexibility index (Phi) is 5.66. The number of nitrogens with two attached hydrogens (primary N) is 1. The number of imidazole rings is 1. The molecule has 0 bridgehead atoms. The number of hydrogen-bond donors (Lipinski definition) is 1. The first kappa shape index (κ1) is 22.9. The highest BCUT2D eigenvalue weighted by molar-refractivity contribution is 5.90. The van der Waals surface area contributed by atoms with E-state index < -0.39 is 11.6 Å². The van der Waals surface area contributed by atoms with Crippen LogP contribution in [0, 0.1) is 23.0 Å². The number of benzene rings is 2. The summed E-state index contributed by atoms with van der Waals surface area (Å²) in [5.41, 5.74) is 9.34. The minimum atomic E-state index is -0.669. The predicted octanol–water partition coefficient (Wildman–Crippen LogP) is 4.96. The SMILES string of the molecule is N#Cc1ccc(-c2nc3c(N4CCCC(N)C4)ccnc3n2-c2ccc(-n3cccc3)cc2F)cc1F. The van der Waals surface area contributed by atoms with Gasteiger partial charge in [0.15, 0.2) is 5.65 Å². The van der Waals surface area contributed by atoms with Crippen molar-refractivity contribution in [3.05, 3.63) is 90.4 Å². The maximum Gasteiger partial charge on any atom is 0.167 e. The van der Waals surface area contributed by atoms with Gasteiger partial charge in [0.2, 0.25) is 0 Å². The standard InChI is InChI=1S/C28H23F2N7/c29-22-14-18(5-6-19(22)16-31)27-34-26-25(36-13-3-4-20(32)17-36)9-10-33-28(26)37(27)24-8-7-21(15-23(24)30)35-11-1-2-12-35/h1-2,5-12,14-15,20H,3-4,13,17,32H2. The van der Waals surface area contributed by atoms with Crippen LogP contribution in [0.4, 0.5) is 14.5 Å². The number of piperidine rings is 1. The van der Waals surface area contributed by atoms with Gasteiger partial charge in [0.25, 0.3) is 0 Å². The van der Waals surface area contributed by atoms with Crippen LogP contribution in [-0.4, -0.2) is 38.2 Å². The van der Waals surface area contributed by atoms with Gasteiger partial charge in [0, 0.05) is 55.0 Å². The van der Waals surface area contributed by atoms with Gasteiger partial charge in [-0.15, -0.1) is 0 Å². The fraction of sp³-hybridized carbons (Fsp3) is 0.179. The Morgan fingerprint density at radius 1 is 1.00 bits per heavy atom. The van der Waals surface area contributed by atoms with Crippen LogP contribution in [0.1, 0.15) is 18.4 Å². The fourth-order valence-corrected chi connectivity index (χ4v) is 4.96. The molecular formula is C28H23F2N7. The van der Waals surface area contributed by atoms with Gasteiger partial charge in [-0.05, 0) is 61.4 Å². The molecule has 1 aliphatic heterocycles. The Morgan fingerprint density at radius 3 is 2.57 bits per heavy atom. The molecule has 4 heterocycles. The number of rotatable bonds is 4. The summed E-state index contributed by atoms with van der Waals surface area (Å²) >= 11 is 0. The fourth-order valence-electron chi connectivity index (χ4n) is 4.96. The van der Waals surface area contributed by atoms with Crippen LogP contribution in [0.25, 0.3) is 33.9 Å². The largest absolute Gasteiger partial charge is 0.368 e. The van der Waals surface area contributed by atoms with Gasteiger partial charge in [0.1, 0.15) is 29.0 Å². The minimum absolute atomic E-state index is 0.0461. The van der Waals surface area contributed by atoms with E-state index >= 15 is 4.39 Å². The Morgan fingerprint density at radius 2 is 1.84 bits per heavy atom. The molecule has 2 aromatic carbocycles. The number of pyridine rings is 1. The molecule has 1 fully saturated rings. The summed E-state index contributed by atoms with van der Waals surface area (Å²) in [5, 5.41) is 9.18. The van der Waals surface area contributed by atoms with Gasteiger partial charge in [-0.1, -0.05) is 0 Å². The van der Waals surface area contributed by atoms with Crippen molar-refractivity contribution < 1.29 is 8.78 Å². The third kappa shape index (κ3) is 4.01. The van der Waals surface area contributed by atoms with E-state index in [1.165, 1.54) is 18.2 Å². The maximum absolute atomic E-state index is 15.7. The van der Waals surface area contributed by atoms with Crippen LogP contribution >= 0.6 is 0 Å². The summed E-state index contributed by atoms with van der Waals surface area (Å²) in [5.74, 6) is -0.822. The lowest BCUT2D eigenvalue weighted by atomic mass is 10.1. The summed E-state index contributed by atoms with van der Waals surface area (Å²) in [6.07, 6.45) is 7.25. The van der Waals surface area contributed by atoms with Gasteiger partial charge >= 0.3 is 0 Å². The molecule has 1 saturated heterocycles. The molecule has 0 aliphatic carbocycles. The average Bonchev–Trinajstić information content (AvgIpc) is 3.57. The predicted molar refractivity (Wildman–Crippen MR) is 138 cm³/mol. The van der Waals surface area contributed by atoms with Crippen molar-refractivity contribution in [3.63, 3.8) is 0 Å². The lowest BCUT2D eigenvalue weighted by molar-refractivity contribution is 0.507. The van der Waals surface area contributed by atoms with E-state index in [2.05, 4.69) is 9.88 Å². The van der Waals surface area contributed by atoms with E-state index in [0.717, 1.165) is 25.1 Å². The molecule has 5 aromatic rings. The smallest absolute Gasteiger partial charge is 0.167 e. The van der Waals surface area contributed by atoms with Crippen molar-refractivity contribution in [1.29, 1.82) is 5.26 Å². The van der Waals surface area contributed by atoms with Crippen molar-refractivity contribution in [3.8, 4) is 28.8 Å². The Labute approximate surface area is 212 Å². The second-order valence-electron chi connectivity index (χ2n) is 9.15. The number of anilines is 1. The molecule has 184 valence electrons. The van der Waals surface area contributed by atoms with Crippen LogP contribution < -0.4 is 10.6 Å². The molecule has 9 heteroatoms. The van der Waals surface area contributed by atoms with Gasteiger partial charge < -0.3 is 15.2 Å². The molecule has 7 nitrogen and oxygen atoms in total. The van der Waals surface area contributed by atoms with Crippen LogP contribution in [0.5, 0.6) is 0 Å². The highest BCUT2D eigenvalue weighted by atomic mass is 19.1. The second kappa shape index (κ2) is 9.15. The van der Waals surface area contributed by atoms with E-state index in [4.69, 9.17) is 10.7 Å². The summed E-state index contributed by atoms with van der Waals surface area (Å²) in [4.78, 5) is 11.6. The van der Waals surface area contributed by atoms with Crippen molar-refractivity contribution >= 4 is 16.9 Å². The summed E-state index contributed by atoms with van der Waals surface area (Å²) < 4.78 is 33.8. The lowest BCUT2D eigenvalue weighted by Gasteiger charge is -2.32. The third-order valence-corrected chi connectivity index (χ3v) is 6.75. The van der Waals surface area contributed by atoms with E-state index in [-0.39, 0.29) is 17.3 Å². The van der Waals surface area contributed by atoms with Crippen LogP contribution in [0.3, 0.4) is 0 Å². The molecule has 6 rings (SSSR count). The van der Waals surface area contributed by atoms with Gasteiger partial charge in [-0.3, -0.25) is 4.57 Å². The summed E-state index contributed by atoms with van der Waals surface area (Å²) in [7, 11) is 0. The molecular weight excluding hydrogens is 472 g/mol. The number of aromatic nitrogens is 4. The molecule has 0 spiro atoms. The van der Waals surface area contributed by atoms with Gasteiger partial charge in [-0.2, -0.15) is 5.26 Å². The number of nitrogens with zero attached hydrogens (tertiary/aromatic N) is 6. The maximum atomic E-state index is 15.7. The van der Waals surface area contributed by atoms with Crippen molar-refractivity contribution in [1.82, 2.24) is 19.1 Å². The zero-order valence-electron chi connectivity index (χ0n) is 19.9. The van der Waals surface area contributed by atoms with E-state index in [1.54, 1.807) is 29.0 Å². The zero-order chi connectivity index (χ0) is 25.5. The second-order valence-corrected chi connectivity index (χ2v) is 9.15. The lowest BCUT2D eigenvalue weighted by Crippen LogP contribution is -2.42. The van der Waals surface area contributed by atoms with Crippen LogP contribution in [-0.2, 0) is 0 Å². The molecule has 1 atom stereocenters. The van der Waals surface area contributed by atoms with Crippen LogP contribution in [0.15, 0.2) is 73.2 Å². The first-order valence-corrected chi connectivity index (χ1v) is 12.0. The van der Waals surface area contributed by atoms with Gasteiger partial charge in [0.05, 0.1) is 16.9 Å². The Hall–Kier alpha value is -4.55. The Bertz CT molecular complexity index is 1650. The molecule has 1 aliphatic rings. The molecule has 0 radical (unpaired) electrons. The van der Waals surface area contributed by atoms with E-state index in [9.17, 15) is 9.65 Å². The zero-order valence-corrected chi connectivity index (χ0v) is 19.9. The summed E-state index contributed by atoms with van der Waals surface area (Å²) in [6, 6.07) is 16.7. The normalized spacial score (nSPS) is 15.7. The van der Waals surface area contributed by atoms with Gasteiger partial charge in [-0.25, -0.2) is 18.7 Å². The average molecular weight is 496 g/mol. The monoisotopic (exact) mass is 495 g/mol. The third-order valence-electron chi connectivity index (χ3n) is 6.75. The first-order valence-electron chi connectivity index (χ1n) is 12.0. The topological polar surface area (TPSA) is 88.7 Å². The first-order chi connectivity index (χ1) is 18.0. The number of hydrogen-bond acceptors (Lipinski definition) is 5. The molecule has 1 unspecified atom stereocenters. The molecule has 2 N–H and O–H groups in total. The summed E-state index contributed by atoms with van der Waals surface area (Å²) in [6.45, 7) is 1.49. The van der Waals surface area contributed by atoms with Crippen molar-refractivity contribution in [2.75, 3.05) is 18.0 Å². The van der Waals surface area contributed by atoms with Crippen LogP contribution in [0.2, 0.25) is 0 Å². The molecule has 0 saturated carbocycles. The molecule has 0 amide bonds. The van der Waals surface area contributed by atoms with Crippen molar-refractivity contribution in [2.24, 2.45) is 5.73 Å². The highest BCUT2D eigenvalue weighted by Gasteiger charge is 2.25. The number of nitriles is 1. The van der Waals surface area contributed by atoms with E-state index in [0.29, 0.717) is 34.8 Å². The minimum Gasteiger partial charge on any atom is -0.368 e. The molecule has 37 heavy (non-hydrogen) atoms. The number of halogens is 2. The van der Waals surface area contributed by atoms with Crippen molar-refractivity contribution in [2.45, 2.75) is 18.9 Å².